The number of nitrogens with one attached hydrogen (secondary N) is 2. The maximum absolute atomic E-state index is 12.4. The van der Waals surface area contributed by atoms with Gasteiger partial charge in [-0.25, -0.2) is 14.8 Å². The van der Waals surface area contributed by atoms with Gasteiger partial charge in [-0.15, -0.1) is 11.3 Å². The van der Waals surface area contributed by atoms with Crippen molar-refractivity contribution < 1.29 is 9.59 Å². The molecule has 2 aromatic heterocycles. The van der Waals surface area contributed by atoms with Gasteiger partial charge < -0.3 is 15.5 Å². The van der Waals surface area contributed by atoms with Crippen molar-refractivity contribution in [3.05, 3.63) is 40.5 Å². The van der Waals surface area contributed by atoms with E-state index in [1.807, 2.05) is 23.6 Å². The van der Waals surface area contributed by atoms with Crippen molar-refractivity contribution in [2.45, 2.75) is 45.7 Å². The van der Waals surface area contributed by atoms with E-state index in [2.05, 4.69) is 34.4 Å². The van der Waals surface area contributed by atoms with Crippen LogP contribution in [0.1, 0.15) is 43.8 Å². The second-order valence-corrected chi connectivity index (χ2v) is 7.62. The highest BCUT2D eigenvalue weighted by Crippen LogP contribution is 2.19. The number of rotatable bonds is 9. The van der Waals surface area contributed by atoms with Gasteiger partial charge in [0.2, 0.25) is 0 Å². The average Bonchev–Trinajstić information content (AvgIpc) is 3.10. The molecule has 0 saturated carbocycles. The Balaban J connectivity index is 1.84. The maximum atomic E-state index is 12.4. The third-order valence-corrected chi connectivity index (χ3v) is 5.20. The lowest BCUT2D eigenvalue weighted by Crippen LogP contribution is -2.46. The van der Waals surface area contributed by atoms with Crippen LogP contribution in [0.15, 0.2) is 29.8 Å². The fraction of sp³-hybridized carbons (Fsp3) is 0.474. The first-order chi connectivity index (χ1) is 12.9. The molecule has 0 bridgehead atoms. The number of pyridine rings is 1. The Morgan fingerprint density at radius 3 is 2.67 bits per heavy atom. The Kier molecular flexibility index (Phi) is 7.72. The molecule has 0 aromatic carbocycles. The van der Waals surface area contributed by atoms with Crippen LogP contribution in [0, 0.1) is 0 Å². The Hall–Kier alpha value is -2.48. The smallest absolute Gasteiger partial charge is 0.318 e. The molecule has 2 rings (SSSR count). The minimum Gasteiger partial charge on any atom is -0.370 e. The van der Waals surface area contributed by atoms with Crippen LogP contribution in [0.3, 0.4) is 0 Å². The molecule has 27 heavy (non-hydrogen) atoms. The van der Waals surface area contributed by atoms with Crippen LogP contribution in [-0.4, -0.2) is 46.3 Å². The summed E-state index contributed by atoms with van der Waals surface area (Å²) in [5, 5.41) is 8.98. The maximum Gasteiger partial charge on any atom is 0.318 e. The normalized spacial score (nSPS) is 11.9. The van der Waals surface area contributed by atoms with E-state index in [1.165, 1.54) is 6.92 Å². The predicted octanol–water partition coefficient (Wildman–Crippen LogP) is 3.26. The fourth-order valence-electron chi connectivity index (χ4n) is 2.42. The number of anilines is 1. The summed E-state index contributed by atoms with van der Waals surface area (Å²) in [6, 6.07) is 4.75. The second-order valence-electron chi connectivity index (χ2n) is 6.73. The summed E-state index contributed by atoms with van der Waals surface area (Å²) < 4.78 is 0. The van der Waals surface area contributed by atoms with Crippen LogP contribution in [0.25, 0.3) is 0 Å². The fourth-order valence-corrected chi connectivity index (χ4v) is 3.25. The molecule has 1 atom stereocenters. The molecule has 0 saturated heterocycles. The summed E-state index contributed by atoms with van der Waals surface area (Å²) in [4.78, 5) is 34.6. The number of aromatic nitrogens is 2. The van der Waals surface area contributed by atoms with Crippen molar-refractivity contribution in [1.82, 2.24) is 20.2 Å². The average molecular weight is 390 g/mol. The number of hydrogen-bond acceptors (Lipinski definition) is 6. The molecule has 0 fully saturated rings. The zero-order valence-corrected chi connectivity index (χ0v) is 17.0. The van der Waals surface area contributed by atoms with Crippen LogP contribution in [0.4, 0.5) is 10.6 Å². The van der Waals surface area contributed by atoms with Crippen molar-refractivity contribution in [1.29, 1.82) is 0 Å². The van der Waals surface area contributed by atoms with Crippen molar-refractivity contribution in [2.75, 3.05) is 18.9 Å². The third kappa shape index (κ3) is 6.63. The van der Waals surface area contributed by atoms with Gasteiger partial charge in [-0.1, -0.05) is 19.9 Å². The number of nitrogens with zero attached hydrogens (tertiary/aromatic N) is 3. The molecule has 2 aromatic rings. The summed E-state index contributed by atoms with van der Waals surface area (Å²) in [5.74, 6) is 1.04. The Bertz CT molecular complexity index is 748. The van der Waals surface area contributed by atoms with E-state index in [0.717, 1.165) is 16.5 Å². The molecule has 146 valence electrons. The molecule has 8 heteroatoms. The SMILES string of the molecule is CC(=O)C(CCNc1ccccn1)NC(=O)N(C)Cc1csc(C(C)C)n1. The van der Waals surface area contributed by atoms with Gasteiger partial charge in [-0.3, -0.25) is 4.79 Å². The molecule has 2 amide bonds. The van der Waals surface area contributed by atoms with Gasteiger partial charge in [0.05, 0.1) is 23.3 Å². The van der Waals surface area contributed by atoms with Gasteiger partial charge in [0.25, 0.3) is 0 Å². The first-order valence-corrected chi connectivity index (χ1v) is 9.86. The largest absolute Gasteiger partial charge is 0.370 e. The van der Waals surface area contributed by atoms with Crippen molar-refractivity contribution >= 4 is 29.0 Å². The molecule has 0 radical (unpaired) electrons. The van der Waals surface area contributed by atoms with Crippen LogP contribution < -0.4 is 10.6 Å². The highest BCUT2D eigenvalue weighted by Gasteiger charge is 2.20. The molecule has 2 N–H and O–H groups in total. The zero-order chi connectivity index (χ0) is 19.8. The van der Waals surface area contributed by atoms with E-state index in [9.17, 15) is 9.59 Å². The summed E-state index contributed by atoms with van der Waals surface area (Å²) in [6.45, 7) is 6.62. The molecule has 7 nitrogen and oxygen atoms in total. The summed E-state index contributed by atoms with van der Waals surface area (Å²) in [7, 11) is 1.70. The number of hydrogen-bond donors (Lipinski definition) is 2. The quantitative estimate of drug-likeness (QED) is 0.687. The van der Waals surface area contributed by atoms with Crippen LogP contribution in [0.5, 0.6) is 0 Å². The van der Waals surface area contributed by atoms with E-state index >= 15 is 0 Å². The minimum absolute atomic E-state index is 0.0738. The van der Waals surface area contributed by atoms with Gasteiger partial charge in [0.1, 0.15) is 5.82 Å². The van der Waals surface area contributed by atoms with E-state index in [-0.39, 0.29) is 11.8 Å². The zero-order valence-electron chi connectivity index (χ0n) is 16.2. The van der Waals surface area contributed by atoms with E-state index in [4.69, 9.17) is 0 Å². The lowest BCUT2D eigenvalue weighted by atomic mass is 10.1. The number of urea groups is 1. The lowest BCUT2D eigenvalue weighted by Gasteiger charge is -2.22. The lowest BCUT2D eigenvalue weighted by molar-refractivity contribution is -0.118. The molecule has 0 aliphatic heterocycles. The monoisotopic (exact) mass is 389 g/mol. The number of Topliss-reactive ketones (excluding diaryl/α,β-unsaturated/α-hetero) is 1. The Morgan fingerprint density at radius 1 is 1.30 bits per heavy atom. The molecule has 2 heterocycles. The molecular weight excluding hydrogens is 362 g/mol. The van der Waals surface area contributed by atoms with E-state index in [0.29, 0.717) is 25.4 Å². The summed E-state index contributed by atoms with van der Waals surface area (Å²) in [5.41, 5.74) is 0.859. The van der Waals surface area contributed by atoms with Gasteiger partial charge >= 0.3 is 6.03 Å². The first kappa shape index (κ1) is 20.8. The van der Waals surface area contributed by atoms with Crippen LogP contribution >= 0.6 is 11.3 Å². The summed E-state index contributed by atoms with van der Waals surface area (Å²) >= 11 is 1.60. The molecular formula is C19H27N5O2S. The summed E-state index contributed by atoms with van der Waals surface area (Å²) in [6.07, 6.45) is 2.18. The van der Waals surface area contributed by atoms with Crippen molar-refractivity contribution in [2.24, 2.45) is 0 Å². The highest BCUT2D eigenvalue weighted by molar-refractivity contribution is 7.09. The van der Waals surface area contributed by atoms with Crippen molar-refractivity contribution in [3.63, 3.8) is 0 Å². The second kappa shape index (κ2) is 10.0. The minimum atomic E-state index is -0.544. The van der Waals surface area contributed by atoms with Gasteiger partial charge in [-0.2, -0.15) is 0 Å². The van der Waals surface area contributed by atoms with Crippen molar-refractivity contribution in [3.8, 4) is 0 Å². The van der Waals surface area contributed by atoms with Crippen LogP contribution in [-0.2, 0) is 11.3 Å². The number of carbonyl (C=O) groups is 2. The molecule has 0 aliphatic rings. The molecule has 0 spiro atoms. The predicted molar refractivity (Wildman–Crippen MR) is 108 cm³/mol. The standard InChI is InChI=1S/C19H27N5O2S/c1-13(2)18-22-15(12-27-18)11-24(4)19(26)23-16(14(3)25)8-10-21-17-7-5-6-9-20-17/h5-7,9,12-13,16H,8,10-11H2,1-4H3,(H,20,21)(H,23,26). The Morgan fingerprint density at radius 2 is 2.07 bits per heavy atom. The third-order valence-electron chi connectivity index (χ3n) is 4.00. The van der Waals surface area contributed by atoms with Crippen LogP contribution in [0.2, 0.25) is 0 Å². The molecule has 1 unspecified atom stereocenters. The van der Waals surface area contributed by atoms with Gasteiger partial charge in [-0.05, 0) is 25.5 Å². The number of thiazole rings is 1. The highest BCUT2D eigenvalue weighted by atomic mass is 32.1. The van der Waals surface area contributed by atoms with E-state index in [1.54, 1.807) is 29.5 Å². The number of carbonyl (C=O) groups excluding carboxylic acids is 2. The van der Waals surface area contributed by atoms with E-state index < -0.39 is 6.04 Å². The van der Waals surface area contributed by atoms with Gasteiger partial charge in [0.15, 0.2) is 5.78 Å². The number of amides is 2. The Labute approximate surface area is 164 Å². The topological polar surface area (TPSA) is 87.2 Å². The first-order valence-electron chi connectivity index (χ1n) is 8.98. The number of ketones is 1. The molecule has 0 aliphatic carbocycles. The van der Waals surface area contributed by atoms with Gasteiger partial charge in [0, 0.05) is 31.1 Å².